The molecule has 3 aromatic carbocycles. The Hall–Kier alpha value is -2.16. The van der Waals surface area contributed by atoms with Crippen molar-refractivity contribution in [1.29, 1.82) is 0 Å². The van der Waals surface area contributed by atoms with Gasteiger partial charge in [-0.1, -0.05) is 99.9 Å². The van der Waals surface area contributed by atoms with E-state index in [1.807, 2.05) is 0 Å². The van der Waals surface area contributed by atoms with Crippen molar-refractivity contribution in [2.45, 2.75) is 84.8 Å². The maximum atomic E-state index is 6.89. The third kappa shape index (κ3) is 4.88. The maximum absolute atomic E-state index is 6.89. The quantitative estimate of drug-likeness (QED) is 0.205. The largest absolute Gasteiger partial charge is 0.342 e. The predicted molar refractivity (Wildman–Crippen MR) is 140 cm³/mol. The fraction of sp³-hybridized carbons (Fsp3) is 0.484. The molecule has 4 rings (SSSR count). The van der Waals surface area contributed by atoms with E-state index in [4.69, 9.17) is 9.47 Å². The molecule has 0 aliphatic heterocycles. The van der Waals surface area contributed by atoms with E-state index in [1.165, 1.54) is 82.7 Å². The van der Waals surface area contributed by atoms with Crippen LogP contribution in [-0.2, 0) is 15.3 Å². The summed E-state index contributed by atoms with van der Waals surface area (Å²) in [5.74, 6) is -0.849. The monoisotopic (exact) mass is 444 g/mol. The van der Waals surface area contributed by atoms with E-state index < -0.39 is 5.79 Å². The second kappa shape index (κ2) is 10.8. The van der Waals surface area contributed by atoms with Crippen molar-refractivity contribution in [3.05, 3.63) is 70.8 Å². The minimum absolute atomic E-state index is 0.708. The van der Waals surface area contributed by atoms with Gasteiger partial charge in [-0.3, -0.25) is 0 Å². The van der Waals surface area contributed by atoms with Gasteiger partial charge in [-0.15, -0.1) is 0 Å². The van der Waals surface area contributed by atoms with Gasteiger partial charge in [-0.2, -0.15) is 0 Å². The van der Waals surface area contributed by atoms with Crippen LogP contribution in [0.15, 0.2) is 48.5 Å². The molecule has 2 nitrogen and oxygen atoms in total. The highest BCUT2D eigenvalue weighted by Crippen LogP contribution is 2.51. The van der Waals surface area contributed by atoms with E-state index >= 15 is 0 Å². The molecule has 33 heavy (non-hydrogen) atoms. The number of benzene rings is 3. The van der Waals surface area contributed by atoms with Gasteiger partial charge in [-0.05, 0) is 60.7 Å². The molecule has 0 bridgehead atoms. The summed E-state index contributed by atoms with van der Waals surface area (Å²) in [6.45, 7) is 10.3. The third-order valence-electron chi connectivity index (χ3n) is 6.90. The van der Waals surface area contributed by atoms with Crippen molar-refractivity contribution in [3.8, 4) is 11.1 Å². The molecular formula is C31H40O2. The highest BCUT2D eigenvalue weighted by atomic mass is 16.7. The Bertz CT molecular complexity index is 1070. The molecule has 0 unspecified atom stereocenters. The molecule has 0 saturated carbocycles. The summed E-state index contributed by atoms with van der Waals surface area (Å²) >= 11 is 0. The van der Waals surface area contributed by atoms with Crippen molar-refractivity contribution in [3.63, 3.8) is 0 Å². The highest BCUT2D eigenvalue weighted by molar-refractivity contribution is 6.03. The normalized spacial score (nSPS) is 13.9. The van der Waals surface area contributed by atoms with Gasteiger partial charge in [0.2, 0.25) is 5.79 Å². The van der Waals surface area contributed by atoms with E-state index in [-0.39, 0.29) is 0 Å². The predicted octanol–water partition coefficient (Wildman–Crippen LogP) is 8.83. The molecule has 0 spiro atoms. The number of hydrogen-bond acceptors (Lipinski definition) is 2. The number of ether oxygens (including phenoxy) is 2. The number of fused-ring (bicyclic) bond motifs is 2. The molecule has 0 radical (unpaired) electrons. The van der Waals surface area contributed by atoms with Crippen LogP contribution in [0.3, 0.4) is 0 Å². The van der Waals surface area contributed by atoms with Crippen LogP contribution in [0.4, 0.5) is 0 Å². The molecule has 0 aromatic heterocycles. The minimum atomic E-state index is -0.849. The van der Waals surface area contributed by atoms with E-state index in [9.17, 15) is 0 Å². The standard InChI is InChI=1S/C31H40O2/c1-5-7-9-11-18-32-31(33-19-12-10-8-6-2)28-21-23(3)16-17-26(28)27-15-13-14-25-20-24(4)22-29(31)30(25)27/h13-17,20-22H,5-12,18-19H2,1-4H3. The molecule has 0 N–H and O–H groups in total. The van der Waals surface area contributed by atoms with Gasteiger partial charge in [0.15, 0.2) is 0 Å². The maximum Gasteiger partial charge on any atom is 0.223 e. The molecule has 0 heterocycles. The summed E-state index contributed by atoms with van der Waals surface area (Å²) in [4.78, 5) is 0. The first kappa shape index (κ1) is 24.0. The lowest BCUT2D eigenvalue weighted by Crippen LogP contribution is -2.38. The Kier molecular flexibility index (Phi) is 7.88. The minimum Gasteiger partial charge on any atom is -0.342 e. The fourth-order valence-corrected chi connectivity index (χ4v) is 5.21. The van der Waals surface area contributed by atoms with Gasteiger partial charge in [0.1, 0.15) is 0 Å². The average molecular weight is 445 g/mol. The first-order chi connectivity index (χ1) is 16.1. The molecule has 0 atom stereocenters. The molecule has 2 heteroatoms. The summed E-state index contributed by atoms with van der Waals surface area (Å²) in [6.07, 6.45) is 9.48. The topological polar surface area (TPSA) is 18.5 Å². The molecule has 1 aliphatic rings. The van der Waals surface area contributed by atoms with Crippen molar-refractivity contribution in [2.75, 3.05) is 13.2 Å². The van der Waals surface area contributed by atoms with Crippen LogP contribution in [0.5, 0.6) is 0 Å². The van der Waals surface area contributed by atoms with Gasteiger partial charge in [0, 0.05) is 11.1 Å². The third-order valence-corrected chi connectivity index (χ3v) is 6.90. The zero-order chi connectivity index (χ0) is 23.3. The smallest absolute Gasteiger partial charge is 0.223 e. The lowest BCUT2D eigenvalue weighted by atomic mass is 9.78. The molecule has 0 fully saturated rings. The number of aryl methyl sites for hydroxylation is 2. The van der Waals surface area contributed by atoms with Crippen LogP contribution in [0, 0.1) is 13.8 Å². The zero-order valence-corrected chi connectivity index (χ0v) is 21.0. The lowest BCUT2D eigenvalue weighted by Gasteiger charge is -2.40. The Balaban J connectivity index is 1.84. The Labute approximate surface area is 200 Å². The first-order valence-corrected chi connectivity index (χ1v) is 13.0. The number of rotatable bonds is 12. The van der Waals surface area contributed by atoms with Gasteiger partial charge in [-0.25, -0.2) is 0 Å². The molecule has 1 aliphatic carbocycles. The van der Waals surface area contributed by atoms with Gasteiger partial charge in [0.05, 0.1) is 13.2 Å². The van der Waals surface area contributed by atoms with Crippen molar-refractivity contribution in [1.82, 2.24) is 0 Å². The molecular weight excluding hydrogens is 404 g/mol. The SMILES string of the molecule is CCCCCCOC1(OCCCCCC)c2cc(C)ccc2-c2cccc3cc(C)cc1c23. The number of hydrogen-bond donors (Lipinski definition) is 0. The number of unbranched alkanes of at least 4 members (excludes halogenated alkanes) is 6. The zero-order valence-electron chi connectivity index (χ0n) is 21.0. The van der Waals surface area contributed by atoms with Crippen LogP contribution in [0.1, 0.15) is 87.5 Å². The second-order valence-corrected chi connectivity index (χ2v) is 9.70. The Morgan fingerprint density at radius 2 is 1.30 bits per heavy atom. The lowest BCUT2D eigenvalue weighted by molar-refractivity contribution is -0.218. The van der Waals surface area contributed by atoms with Crippen molar-refractivity contribution >= 4 is 10.8 Å². The van der Waals surface area contributed by atoms with Gasteiger partial charge >= 0.3 is 0 Å². The fourth-order valence-electron chi connectivity index (χ4n) is 5.21. The highest BCUT2D eigenvalue weighted by Gasteiger charge is 2.43. The van der Waals surface area contributed by atoms with E-state index in [0.717, 1.165) is 12.8 Å². The van der Waals surface area contributed by atoms with Crippen LogP contribution in [0.2, 0.25) is 0 Å². The van der Waals surface area contributed by atoms with Gasteiger partial charge < -0.3 is 9.47 Å². The molecule has 0 amide bonds. The average Bonchev–Trinajstić information content (AvgIpc) is 2.81. The van der Waals surface area contributed by atoms with Crippen LogP contribution < -0.4 is 0 Å². The Morgan fingerprint density at radius 3 is 1.97 bits per heavy atom. The molecule has 3 aromatic rings. The van der Waals surface area contributed by atoms with Gasteiger partial charge in [0.25, 0.3) is 0 Å². The molecule has 0 saturated heterocycles. The van der Waals surface area contributed by atoms with Crippen molar-refractivity contribution < 1.29 is 9.47 Å². The van der Waals surface area contributed by atoms with Crippen molar-refractivity contribution in [2.24, 2.45) is 0 Å². The summed E-state index contributed by atoms with van der Waals surface area (Å²) in [7, 11) is 0. The van der Waals surface area contributed by atoms with E-state index in [1.54, 1.807) is 0 Å². The van der Waals surface area contributed by atoms with Crippen LogP contribution in [-0.4, -0.2) is 13.2 Å². The summed E-state index contributed by atoms with van der Waals surface area (Å²) in [6, 6.07) is 18.0. The summed E-state index contributed by atoms with van der Waals surface area (Å²) < 4.78 is 13.8. The summed E-state index contributed by atoms with van der Waals surface area (Å²) in [5.41, 5.74) is 7.36. The van der Waals surface area contributed by atoms with Crippen LogP contribution in [0.25, 0.3) is 21.9 Å². The van der Waals surface area contributed by atoms with Crippen LogP contribution >= 0.6 is 0 Å². The first-order valence-electron chi connectivity index (χ1n) is 13.0. The summed E-state index contributed by atoms with van der Waals surface area (Å²) in [5, 5.41) is 2.55. The second-order valence-electron chi connectivity index (χ2n) is 9.70. The molecule has 176 valence electrons. The van der Waals surface area contributed by atoms with E-state index in [0.29, 0.717) is 13.2 Å². The van der Waals surface area contributed by atoms with E-state index in [2.05, 4.69) is 76.2 Å². The Morgan fingerprint density at radius 1 is 0.636 bits per heavy atom.